The second-order valence-electron chi connectivity index (χ2n) is 5.24. The number of methoxy groups -OCH3 is 1. The molecule has 0 aromatic carbocycles. The molecule has 1 heterocycles. The van der Waals surface area contributed by atoms with Crippen molar-refractivity contribution in [3.05, 3.63) is 0 Å². The van der Waals surface area contributed by atoms with Gasteiger partial charge in [0.05, 0.1) is 12.5 Å². The molecular formula is C14H28N2O2. The Labute approximate surface area is 111 Å². The van der Waals surface area contributed by atoms with E-state index < -0.39 is 0 Å². The first-order chi connectivity index (χ1) is 8.65. The van der Waals surface area contributed by atoms with Crippen molar-refractivity contribution in [1.29, 1.82) is 0 Å². The molecule has 18 heavy (non-hydrogen) atoms. The number of hydrogen-bond acceptors (Lipinski definition) is 3. The highest BCUT2D eigenvalue weighted by atomic mass is 16.5. The molecule has 0 radical (unpaired) electrons. The lowest BCUT2D eigenvalue weighted by Gasteiger charge is -2.33. The molecule has 1 saturated heterocycles. The predicted octanol–water partition coefficient (Wildman–Crippen LogP) is 1.51. The number of carbonyl (C=O) groups is 1. The van der Waals surface area contributed by atoms with Crippen LogP contribution in [-0.2, 0) is 9.53 Å². The van der Waals surface area contributed by atoms with Gasteiger partial charge in [0, 0.05) is 26.2 Å². The van der Waals surface area contributed by atoms with Crippen molar-refractivity contribution in [1.82, 2.24) is 10.2 Å². The summed E-state index contributed by atoms with van der Waals surface area (Å²) in [7, 11) is 1.69. The lowest BCUT2D eigenvalue weighted by molar-refractivity contribution is -0.139. The molecule has 0 bridgehead atoms. The minimum Gasteiger partial charge on any atom is -0.383 e. The quantitative estimate of drug-likeness (QED) is 0.750. The van der Waals surface area contributed by atoms with Crippen LogP contribution < -0.4 is 5.32 Å². The van der Waals surface area contributed by atoms with E-state index in [-0.39, 0.29) is 5.92 Å². The van der Waals surface area contributed by atoms with Gasteiger partial charge >= 0.3 is 0 Å². The van der Waals surface area contributed by atoms with Crippen LogP contribution in [0.1, 0.15) is 33.6 Å². The number of hydrogen-bond donors (Lipinski definition) is 1. The molecule has 0 aromatic rings. The zero-order chi connectivity index (χ0) is 13.5. The van der Waals surface area contributed by atoms with Crippen LogP contribution in [-0.4, -0.2) is 50.2 Å². The van der Waals surface area contributed by atoms with E-state index in [1.165, 1.54) is 0 Å². The molecule has 1 aliphatic rings. The molecule has 0 aromatic heterocycles. The number of rotatable bonds is 7. The largest absolute Gasteiger partial charge is 0.383 e. The third kappa shape index (κ3) is 3.69. The Morgan fingerprint density at radius 1 is 1.39 bits per heavy atom. The number of nitrogens with zero attached hydrogens (tertiary/aromatic N) is 1. The lowest BCUT2D eigenvalue weighted by atomic mass is 9.95. The fraction of sp³-hybridized carbons (Fsp3) is 0.929. The van der Waals surface area contributed by atoms with Crippen molar-refractivity contribution in [3.8, 4) is 0 Å². The van der Waals surface area contributed by atoms with E-state index in [9.17, 15) is 4.79 Å². The summed E-state index contributed by atoms with van der Waals surface area (Å²) >= 11 is 0. The van der Waals surface area contributed by atoms with Gasteiger partial charge in [-0.1, -0.05) is 20.8 Å². The first kappa shape index (κ1) is 15.4. The zero-order valence-electron chi connectivity index (χ0n) is 12.2. The van der Waals surface area contributed by atoms with Crippen LogP contribution in [0.3, 0.4) is 0 Å². The fourth-order valence-corrected chi connectivity index (χ4v) is 2.75. The summed E-state index contributed by atoms with van der Waals surface area (Å²) < 4.78 is 5.14. The Kier molecular flexibility index (Phi) is 6.65. The number of amides is 1. The highest BCUT2D eigenvalue weighted by molar-refractivity contribution is 5.80. The minimum absolute atomic E-state index is 0.141. The monoisotopic (exact) mass is 256 g/mol. The van der Waals surface area contributed by atoms with Crippen molar-refractivity contribution < 1.29 is 9.53 Å². The second-order valence-corrected chi connectivity index (χ2v) is 5.24. The standard InChI is InChI=1S/C14H28N2O2/c1-5-12(6-2)16(7-8-18-4)14(17)13-10-15-9-11(13)3/h11-13,15H,5-10H2,1-4H3. The van der Waals surface area contributed by atoms with Crippen molar-refractivity contribution in [2.75, 3.05) is 33.4 Å². The van der Waals surface area contributed by atoms with E-state index in [0.29, 0.717) is 31.0 Å². The lowest BCUT2D eigenvalue weighted by Crippen LogP contribution is -2.46. The van der Waals surface area contributed by atoms with Gasteiger partial charge in [0.15, 0.2) is 0 Å². The Morgan fingerprint density at radius 2 is 2.06 bits per heavy atom. The molecule has 0 saturated carbocycles. The van der Waals surface area contributed by atoms with Crippen molar-refractivity contribution >= 4 is 5.91 Å². The molecule has 106 valence electrons. The Morgan fingerprint density at radius 3 is 2.50 bits per heavy atom. The Balaban J connectivity index is 2.70. The summed E-state index contributed by atoms with van der Waals surface area (Å²) in [6.45, 7) is 9.57. The van der Waals surface area contributed by atoms with Gasteiger partial charge in [0.2, 0.25) is 5.91 Å². The molecule has 4 heteroatoms. The van der Waals surface area contributed by atoms with E-state index in [0.717, 1.165) is 25.9 Å². The molecular weight excluding hydrogens is 228 g/mol. The van der Waals surface area contributed by atoms with E-state index in [2.05, 4.69) is 26.1 Å². The number of nitrogens with one attached hydrogen (secondary N) is 1. The predicted molar refractivity (Wildman–Crippen MR) is 73.5 cm³/mol. The van der Waals surface area contributed by atoms with Gasteiger partial charge in [-0.15, -0.1) is 0 Å². The SMILES string of the molecule is CCC(CC)N(CCOC)C(=O)C1CNCC1C. The average molecular weight is 256 g/mol. The smallest absolute Gasteiger partial charge is 0.227 e. The summed E-state index contributed by atoms with van der Waals surface area (Å²) in [6.07, 6.45) is 2.03. The van der Waals surface area contributed by atoms with Crippen LogP contribution in [0.4, 0.5) is 0 Å². The fourth-order valence-electron chi connectivity index (χ4n) is 2.75. The van der Waals surface area contributed by atoms with Gasteiger partial charge in [-0.05, 0) is 25.3 Å². The first-order valence-corrected chi connectivity index (χ1v) is 7.15. The molecule has 0 aliphatic carbocycles. The van der Waals surface area contributed by atoms with E-state index in [1.54, 1.807) is 7.11 Å². The Bertz CT molecular complexity index is 254. The van der Waals surface area contributed by atoms with E-state index in [4.69, 9.17) is 4.74 Å². The first-order valence-electron chi connectivity index (χ1n) is 7.15. The summed E-state index contributed by atoms with van der Waals surface area (Å²) in [6, 6.07) is 0.348. The van der Waals surface area contributed by atoms with Crippen LogP contribution in [0.15, 0.2) is 0 Å². The van der Waals surface area contributed by atoms with Gasteiger partial charge in [0.25, 0.3) is 0 Å². The summed E-state index contributed by atoms with van der Waals surface area (Å²) in [5.41, 5.74) is 0. The van der Waals surface area contributed by atoms with Gasteiger partial charge < -0.3 is 15.0 Å². The molecule has 1 aliphatic heterocycles. The van der Waals surface area contributed by atoms with Crippen LogP contribution in [0.25, 0.3) is 0 Å². The van der Waals surface area contributed by atoms with Gasteiger partial charge in [0.1, 0.15) is 0 Å². The molecule has 1 rings (SSSR count). The molecule has 0 spiro atoms. The van der Waals surface area contributed by atoms with Crippen LogP contribution in [0, 0.1) is 11.8 Å². The highest BCUT2D eigenvalue weighted by Crippen LogP contribution is 2.21. The molecule has 4 nitrogen and oxygen atoms in total. The average Bonchev–Trinajstić information content (AvgIpc) is 2.80. The second kappa shape index (κ2) is 7.74. The topological polar surface area (TPSA) is 41.6 Å². The van der Waals surface area contributed by atoms with E-state index in [1.807, 2.05) is 4.90 Å². The molecule has 1 amide bonds. The molecule has 1 fully saturated rings. The van der Waals surface area contributed by atoms with Crippen LogP contribution >= 0.6 is 0 Å². The summed E-state index contributed by atoms with van der Waals surface area (Å²) in [4.78, 5) is 14.7. The molecule has 2 unspecified atom stereocenters. The van der Waals surface area contributed by atoms with Gasteiger partial charge in [-0.25, -0.2) is 0 Å². The van der Waals surface area contributed by atoms with E-state index >= 15 is 0 Å². The maximum absolute atomic E-state index is 12.7. The normalized spacial score (nSPS) is 23.6. The number of carbonyl (C=O) groups excluding carboxylic acids is 1. The van der Waals surface area contributed by atoms with Gasteiger partial charge in [-0.3, -0.25) is 4.79 Å². The van der Waals surface area contributed by atoms with Crippen molar-refractivity contribution in [2.45, 2.75) is 39.7 Å². The number of ether oxygens (including phenoxy) is 1. The zero-order valence-corrected chi connectivity index (χ0v) is 12.2. The molecule has 1 N–H and O–H groups in total. The van der Waals surface area contributed by atoms with Gasteiger partial charge in [-0.2, -0.15) is 0 Å². The molecule has 2 atom stereocenters. The Hall–Kier alpha value is -0.610. The minimum atomic E-state index is 0.141. The van der Waals surface area contributed by atoms with Crippen LogP contribution in [0.2, 0.25) is 0 Å². The maximum Gasteiger partial charge on any atom is 0.227 e. The summed E-state index contributed by atoms with van der Waals surface area (Å²) in [5, 5.41) is 3.31. The maximum atomic E-state index is 12.7. The summed E-state index contributed by atoms with van der Waals surface area (Å²) in [5.74, 6) is 0.887. The highest BCUT2D eigenvalue weighted by Gasteiger charge is 2.34. The van der Waals surface area contributed by atoms with Crippen molar-refractivity contribution in [2.24, 2.45) is 11.8 Å². The third-order valence-electron chi connectivity index (χ3n) is 4.04. The van der Waals surface area contributed by atoms with Crippen LogP contribution in [0.5, 0.6) is 0 Å². The van der Waals surface area contributed by atoms with Crippen molar-refractivity contribution in [3.63, 3.8) is 0 Å². The third-order valence-corrected chi connectivity index (χ3v) is 4.04.